The molecule has 0 fully saturated rings. The molecule has 0 aromatic heterocycles. The van der Waals surface area contributed by atoms with Crippen molar-refractivity contribution < 1.29 is 28.2 Å². The first-order valence-electron chi connectivity index (χ1n) is 5.03. The summed E-state index contributed by atoms with van der Waals surface area (Å²) in [7, 11) is 3.84. The molecule has 0 amide bonds. The quantitative estimate of drug-likeness (QED) is 0.452. The maximum Gasteiger partial charge on any atom is 0.348 e. The number of carbonyl (C=O) groups excluding carboxylic acids is 2. The number of hydrogen-bond donors (Lipinski definition) is 0. The van der Waals surface area contributed by atoms with Crippen molar-refractivity contribution in [2.24, 2.45) is 0 Å². The van der Waals surface area contributed by atoms with Gasteiger partial charge < -0.3 is 14.2 Å². The summed E-state index contributed by atoms with van der Waals surface area (Å²) in [6.45, 7) is 0. The third-order valence-corrected chi connectivity index (χ3v) is 2.31. The molecular weight excluding hydrogens is 243 g/mol. The van der Waals surface area contributed by atoms with Gasteiger partial charge in [-0.15, -0.1) is 0 Å². The molecule has 98 valence electrons. The van der Waals surface area contributed by atoms with E-state index in [-0.39, 0.29) is 11.3 Å². The van der Waals surface area contributed by atoms with Crippen molar-refractivity contribution in [3.05, 3.63) is 23.8 Å². The van der Waals surface area contributed by atoms with Crippen LogP contribution in [0, 0.1) is 0 Å². The van der Waals surface area contributed by atoms with E-state index in [0.29, 0.717) is 5.75 Å². The number of Topliss-reactive ketones (excluding diaryl/α,β-unsaturated/α-hetero) is 1. The van der Waals surface area contributed by atoms with E-state index in [0.717, 1.165) is 7.11 Å². The highest BCUT2D eigenvalue weighted by Gasteiger charge is 2.28. The first-order valence-corrected chi connectivity index (χ1v) is 5.03. The number of esters is 1. The van der Waals surface area contributed by atoms with Gasteiger partial charge in [0.15, 0.2) is 11.5 Å². The van der Waals surface area contributed by atoms with E-state index in [1.54, 1.807) is 0 Å². The van der Waals surface area contributed by atoms with Gasteiger partial charge in [0, 0.05) is 5.56 Å². The minimum atomic E-state index is -2.34. The van der Waals surface area contributed by atoms with Crippen molar-refractivity contribution in [1.82, 2.24) is 0 Å². The van der Waals surface area contributed by atoms with Crippen LogP contribution >= 0.6 is 0 Å². The summed E-state index contributed by atoms with van der Waals surface area (Å²) >= 11 is 0. The van der Waals surface area contributed by atoms with Gasteiger partial charge in [-0.25, -0.2) is 9.18 Å². The number of hydrogen-bond acceptors (Lipinski definition) is 5. The van der Waals surface area contributed by atoms with Crippen LogP contribution in [0.5, 0.6) is 11.5 Å². The molecule has 0 aliphatic rings. The molecule has 0 heterocycles. The Morgan fingerprint density at radius 2 is 1.72 bits per heavy atom. The Morgan fingerprint density at radius 1 is 1.11 bits per heavy atom. The maximum absolute atomic E-state index is 13.4. The van der Waals surface area contributed by atoms with Gasteiger partial charge in [0.1, 0.15) is 0 Å². The molecule has 5 nitrogen and oxygen atoms in total. The Hall–Kier alpha value is -2.11. The molecule has 0 spiro atoms. The standard InChI is InChI=1S/C12H13FO5/c1-16-8-5-4-7(6-9(8)17-2)11(14)10(13)12(15)18-3/h4-6,10H,1-3H3. The van der Waals surface area contributed by atoms with E-state index in [9.17, 15) is 14.0 Å². The lowest BCUT2D eigenvalue weighted by Crippen LogP contribution is -2.26. The second-order valence-corrected chi connectivity index (χ2v) is 3.32. The molecule has 1 atom stereocenters. The molecule has 18 heavy (non-hydrogen) atoms. The molecule has 0 saturated heterocycles. The fourth-order valence-corrected chi connectivity index (χ4v) is 1.35. The lowest BCUT2D eigenvalue weighted by Gasteiger charge is -2.10. The minimum absolute atomic E-state index is 0.00514. The van der Waals surface area contributed by atoms with Crippen LogP contribution in [0.15, 0.2) is 18.2 Å². The summed E-state index contributed by atoms with van der Waals surface area (Å²) in [6.07, 6.45) is -2.34. The van der Waals surface area contributed by atoms with E-state index in [1.807, 2.05) is 0 Å². The summed E-state index contributed by atoms with van der Waals surface area (Å²) in [6, 6.07) is 4.10. The summed E-state index contributed by atoms with van der Waals surface area (Å²) in [5.41, 5.74) is 0.00514. The van der Waals surface area contributed by atoms with Crippen molar-refractivity contribution in [1.29, 1.82) is 0 Å². The average molecular weight is 256 g/mol. The number of ether oxygens (including phenoxy) is 3. The molecule has 1 aromatic rings. The predicted molar refractivity (Wildman–Crippen MR) is 60.8 cm³/mol. The SMILES string of the molecule is COC(=O)C(F)C(=O)c1ccc(OC)c(OC)c1. The van der Waals surface area contributed by atoms with Crippen LogP contribution in [0.3, 0.4) is 0 Å². The van der Waals surface area contributed by atoms with Crippen LogP contribution in [0.4, 0.5) is 4.39 Å². The number of rotatable bonds is 5. The second kappa shape index (κ2) is 6.00. The van der Waals surface area contributed by atoms with Crippen LogP contribution in [-0.2, 0) is 9.53 Å². The van der Waals surface area contributed by atoms with Gasteiger partial charge in [0.2, 0.25) is 5.78 Å². The molecule has 0 aliphatic heterocycles. The Balaban J connectivity index is 3.03. The van der Waals surface area contributed by atoms with E-state index in [1.165, 1.54) is 32.4 Å². The monoisotopic (exact) mass is 256 g/mol. The first-order chi connectivity index (χ1) is 8.54. The van der Waals surface area contributed by atoms with E-state index in [2.05, 4.69) is 4.74 Å². The van der Waals surface area contributed by atoms with E-state index < -0.39 is 17.9 Å². The number of alkyl halides is 1. The highest BCUT2D eigenvalue weighted by molar-refractivity contribution is 6.11. The lowest BCUT2D eigenvalue weighted by molar-refractivity contribution is -0.144. The number of carbonyl (C=O) groups is 2. The Kier molecular flexibility index (Phi) is 4.65. The van der Waals surface area contributed by atoms with E-state index in [4.69, 9.17) is 9.47 Å². The number of ketones is 1. The van der Waals surface area contributed by atoms with Crippen LogP contribution < -0.4 is 9.47 Å². The van der Waals surface area contributed by atoms with Gasteiger partial charge in [-0.3, -0.25) is 4.79 Å². The van der Waals surface area contributed by atoms with Crippen molar-refractivity contribution >= 4 is 11.8 Å². The van der Waals surface area contributed by atoms with Crippen molar-refractivity contribution in [3.8, 4) is 11.5 Å². The van der Waals surface area contributed by atoms with Crippen molar-refractivity contribution in [2.75, 3.05) is 21.3 Å². The predicted octanol–water partition coefficient (Wildman–Crippen LogP) is 1.40. The second-order valence-electron chi connectivity index (χ2n) is 3.32. The average Bonchev–Trinajstić information content (AvgIpc) is 2.43. The molecule has 0 bridgehead atoms. The lowest BCUT2D eigenvalue weighted by atomic mass is 10.1. The molecule has 1 rings (SSSR count). The normalized spacial score (nSPS) is 11.6. The van der Waals surface area contributed by atoms with Gasteiger partial charge >= 0.3 is 5.97 Å². The highest BCUT2D eigenvalue weighted by atomic mass is 19.1. The van der Waals surface area contributed by atoms with Crippen LogP contribution in [0.1, 0.15) is 10.4 Å². The highest BCUT2D eigenvalue weighted by Crippen LogP contribution is 2.28. The van der Waals surface area contributed by atoms with Gasteiger partial charge in [0.25, 0.3) is 6.17 Å². The molecule has 6 heteroatoms. The molecule has 0 aliphatic carbocycles. The maximum atomic E-state index is 13.4. The Morgan fingerprint density at radius 3 is 2.22 bits per heavy atom. The molecule has 1 aromatic carbocycles. The molecule has 1 unspecified atom stereocenters. The fourth-order valence-electron chi connectivity index (χ4n) is 1.35. The summed E-state index contributed by atoms with van der Waals surface area (Å²) < 4.78 is 27.5. The number of methoxy groups -OCH3 is 3. The van der Waals surface area contributed by atoms with Gasteiger partial charge in [-0.05, 0) is 18.2 Å². The van der Waals surface area contributed by atoms with Crippen LogP contribution in [-0.4, -0.2) is 39.3 Å². The summed E-state index contributed by atoms with van der Waals surface area (Å²) in [5.74, 6) is -1.53. The van der Waals surface area contributed by atoms with Crippen LogP contribution in [0.25, 0.3) is 0 Å². The summed E-state index contributed by atoms with van der Waals surface area (Å²) in [4.78, 5) is 22.6. The topological polar surface area (TPSA) is 61.8 Å². The van der Waals surface area contributed by atoms with Gasteiger partial charge in [-0.1, -0.05) is 0 Å². The zero-order valence-electron chi connectivity index (χ0n) is 10.2. The zero-order chi connectivity index (χ0) is 13.7. The Bertz CT molecular complexity index is 458. The minimum Gasteiger partial charge on any atom is -0.493 e. The van der Waals surface area contributed by atoms with Crippen molar-refractivity contribution in [3.63, 3.8) is 0 Å². The van der Waals surface area contributed by atoms with E-state index >= 15 is 0 Å². The smallest absolute Gasteiger partial charge is 0.348 e. The number of halogens is 1. The third kappa shape index (κ3) is 2.77. The zero-order valence-corrected chi connectivity index (χ0v) is 10.2. The fraction of sp³-hybridized carbons (Fsp3) is 0.333. The molecule has 0 radical (unpaired) electrons. The van der Waals surface area contributed by atoms with Gasteiger partial charge in [0.05, 0.1) is 21.3 Å². The van der Waals surface area contributed by atoms with Gasteiger partial charge in [-0.2, -0.15) is 0 Å². The molecular formula is C12H13FO5. The number of benzene rings is 1. The first kappa shape index (κ1) is 14.0. The Labute approximate surface area is 103 Å². The largest absolute Gasteiger partial charge is 0.493 e. The van der Waals surface area contributed by atoms with Crippen LogP contribution in [0.2, 0.25) is 0 Å². The third-order valence-electron chi connectivity index (χ3n) is 2.31. The van der Waals surface area contributed by atoms with Crippen molar-refractivity contribution in [2.45, 2.75) is 6.17 Å². The molecule has 0 N–H and O–H groups in total. The summed E-state index contributed by atoms with van der Waals surface area (Å²) in [5, 5.41) is 0. The molecule has 0 saturated carbocycles.